The molecule has 1 aliphatic rings. The standard InChI is InChI=1S/C22H26FNO/c1-15-4-6-16(7-5-15)19-12-13-20(21(23)14-19)17-8-10-18(11-9-17)22(25)24(2)3/h8-16H,4-7H2,1-3H3. The molecule has 0 radical (unpaired) electrons. The van der Waals surface area contributed by atoms with Gasteiger partial charge in [-0.2, -0.15) is 0 Å². The van der Waals surface area contributed by atoms with Gasteiger partial charge in [0.2, 0.25) is 0 Å². The van der Waals surface area contributed by atoms with Gasteiger partial charge in [0.25, 0.3) is 5.91 Å². The molecular formula is C22H26FNO. The maximum Gasteiger partial charge on any atom is 0.253 e. The van der Waals surface area contributed by atoms with Gasteiger partial charge in [-0.15, -0.1) is 0 Å². The molecule has 0 N–H and O–H groups in total. The molecule has 0 aromatic heterocycles. The van der Waals surface area contributed by atoms with E-state index in [0.717, 1.165) is 29.9 Å². The SMILES string of the molecule is CC1CCC(c2ccc(-c3ccc(C(=O)N(C)C)cc3)c(F)c2)CC1. The predicted molar refractivity (Wildman–Crippen MR) is 100 cm³/mol. The Bertz CT molecular complexity index is 743. The molecule has 0 saturated heterocycles. The number of nitrogens with zero attached hydrogens (tertiary/aromatic N) is 1. The van der Waals surface area contributed by atoms with E-state index >= 15 is 0 Å². The molecule has 1 saturated carbocycles. The van der Waals surface area contributed by atoms with Crippen LogP contribution in [0.25, 0.3) is 11.1 Å². The quantitative estimate of drug-likeness (QED) is 0.724. The number of carbonyl (C=O) groups is 1. The predicted octanol–water partition coefficient (Wildman–Crippen LogP) is 5.49. The van der Waals surface area contributed by atoms with Crippen LogP contribution in [0.15, 0.2) is 42.5 Å². The Kier molecular flexibility index (Phi) is 5.22. The van der Waals surface area contributed by atoms with Crippen molar-refractivity contribution in [2.75, 3.05) is 14.1 Å². The smallest absolute Gasteiger partial charge is 0.253 e. The van der Waals surface area contributed by atoms with Crippen LogP contribution in [-0.2, 0) is 0 Å². The third kappa shape index (κ3) is 3.92. The summed E-state index contributed by atoms with van der Waals surface area (Å²) in [7, 11) is 3.45. The van der Waals surface area contributed by atoms with Gasteiger partial charge in [-0.3, -0.25) is 4.79 Å². The van der Waals surface area contributed by atoms with Crippen molar-refractivity contribution in [1.82, 2.24) is 4.90 Å². The second-order valence-electron chi connectivity index (χ2n) is 7.47. The zero-order chi connectivity index (χ0) is 18.0. The van der Waals surface area contributed by atoms with E-state index in [-0.39, 0.29) is 11.7 Å². The lowest BCUT2D eigenvalue weighted by Crippen LogP contribution is -2.21. The van der Waals surface area contributed by atoms with Crippen LogP contribution < -0.4 is 0 Å². The first-order valence-corrected chi connectivity index (χ1v) is 9.07. The van der Waals surface area contributed by atoms with Gasteiger partial charge in [0.15, 0.2) is 0 Å². The first kappa shape index (κ1) is 17.7. The lowest BCUT2D eigenvalue weighted by Gasteiger charge is -2.26. The summed E-state index contributed by atoms with van der Waals surface area (Å²) in [5.74, 6) is 1.06. The normalized spacial score (nSPS) is 20.3. The molecule has 1 fully saturated rings. The molecule has 2 aromatic carbocycles. The molecule has 0 unspecified atom stereocenters. The number of hydrogen-bond donors (Lipinski definition) is 0. The highest BCUT2D eigenvalue weighted by atomic mass is 19.1. The molecule has 0 spiro atoms. The number of hydrogen-bond acceptors (Lipinski definition) is 1. The lowest BCUT2D eigenvalue weighted by atomic mass is 9.79. The summed E-state index contributed by atoms with van der Waals surface area (Å²) in [5, 5.41) is 0. The molecule has 0 aliphatic heterocycles. The van der Waals surface area contributed by atoms with Gasteiger partial charge in [0.1, 0.15) is 5.82 Å². The average molecular weight is 339 g/mol. The highest BCUT2D eigenvalue weighted by Gasteiger charge is 2.20. The zero-order valence-corrected chi connectivity index (χ0v) is 15.3. The fraction of sp³-hybridized carbons (Fsp3) is 0.409. The first-order chi connectivity index (χ1) is 12.0. The molecule has 1 aliphatic carbocycles. The Morgan fingerprint density at radius 1 is 1.00 bits per heavy atom. The van der Waals surface area contributed by atoms with E-state index in [4.69, 9.17) is 0 Å². The number of rotatable bonds is 3. The fourth-order valence-electron chi connectivity index (χ4n) is 3.66. The molecule has 1 amide bonds. The van der Waals surface area contributed by atoms with E-state index in [1.165, 1.54) is 17.7 Å². The number of halogens is 1. The Hall–Kier alpha value is -2.16. The van der Waals surface area contributed by atoms with E-state index in [2.05, 4.69) is 13.0 Å². The molecular weight excluding hydrogens is 313 g/mol. The third-order valence-electron chi connectivity index (χ3n) is 5.33. The maximum absolute atomic E-state index is 14.7. The van der Waals surface area contributed by atoms with Crippen molar-refractivity contribution < 1.29 is 9.18 Å². The second-order valence-corrected chi connectivity index (χ2v) is 7.47. The summed E-state index contributed by atoms with van der Waals surface area (Å²) in [4.78, 5) is 13.5. The van der Waals surface area contributed by atoms with Crippen molar-refractivity contribution in [3.8, 4) is 11.1 Å². The van der Waals surface area contributed by atoms with Crippen molar-refractivity contribution in [3.05, 3.63) is 59.4 Å². The van der Waals surface area contributed by atoms with E-state index in [0.29, 0.717) is 17.0 Å². The molecule has 0 atom stereocenters. The highest BCUT2D eigenvalue weighted by Crippen LogP contribution is 2.37. The minimum atomic E-state index is -0.178. The van der Waals surface area contributed by atoms with Gasteiger partial charge >= 0.3 is 0 Å². The molecule has 3 heteroatoms. The Morgan fingerprint density at radius 2 is 1.64 bits per heavy atom. The molecule has 0 heterocycles. The van der Waals surface area contributed by atoms with Crippen LogP contribution in [-0.4, -0.2) is 24.9 Å². The number of benzene rings is 2. The van der Waals surface area contributed by atoms with E-state index in [9.17, 15) is 9.18 Å². The van der Waals surface area contributed by atoms with E-state index < -0.39 is 0 Å². The zero-order valence-electron chi connectivity index (χ0n) is 15.3. The molecule has 3 rings (SSSR count). The highest BCUT2D eigenvalue weighted by molar-refractivity contribution is 5.94. The summed E-state index contributed by atoms with van der Waals surface area (Å²) in [6, 6.07) is 12.8. The summed E-state index contributed by atoms with van der Waals surface area (Å²) in [6.45, 7) is 2.30. The number of amides is 1. The number of carbonyl (C=O) groups excluding carboxylic acids is 1. The van der Waals surface area contributed by atoms with Gasteiger partial charge in [-0.05, 0) is 54.0 Å². The van der Waals surface area contributed by atoms with Crippen LogP contribution in [0, 0.1) is 11.7 Å². The topological polar surface area (TPSA) is 20.3 Å². The van der Waals surface area contributed by atoms with Gasteiger partial charge in [0.05, 0.1) is 0 Å². The van der Waals surface area contributed by atoms with Crippen LogP contribution in [0.4, 0.5) is 4.39 Å². The van der Waals surface area contributed by atoms with Crippen molar-refractivity contribution >= 4 is 5.91 Å². The largest absolute Gasteiger partial charge is 0.345 e. The van der Waals surface area contributed by atoms with E-state index in [1.807, 2.05) is 18.2 Å². The lowest BCUT2D eigenvalue weighted by molar-refractivity contribution is 0.0827. The first-order valence-electron chi connectivity index (χ1n) is 9.07. The van der Waals surface area contributed by atoms with Crippen LogP contribution in [0.1, 0.15) is 54.4 Å². The van der Waals surface area contributed by atoms with Gasteiger partial charge in [0, 0.05) is 25.2 Å². The molecule has 2 nitrogen and oxygen atoms in total. The van der Waals surface area contributed by atoms with Crippen LogP contribution in [0.2, 0.25) is 0 Å². The van der Waals surface area contributed by atoms with Gasteiger partial charge < -0.3 is 4.90 Å². The van der Waals surface area contributed by atoms with Gasteiger partial charge in [-0.1, -0.05) is 44.0 Å². The Morgan fingerprint density at radius 3 is 2.20 bits per heavy atom. The average Bonchev–Trinajstić information content (AvgIpc) is 2.62. The maximum atomic E-state index is 14.7. The van der Waals surface area contributed by atoms with Crippen LogP contribution in [0.5, 0.6) is 0 Å². The molecule has 2 aromatic rings. The molecule has 132 valence electrons. The second kappa shape index (κ2) is 7.38. The summed E-state index contributed by atoms with van der Waals surface area (Å²) < 4.78 is 14.7. The molecule has 25 heavy (non-hydrogen) atoms. The van der Waals surface area contributed by atoms with Crippen molar-refractivity contribution in [2.24, 2.45) is 5.92 Å². The third-order valence-corrected chi connectivity index (χ3v) is 5.33. The minimum Gasteiger partial charge on any atom is -0.345 e. The summed E-state index contributed by atoms with van der Waals surface area (Å²) in [5.41, 5.74) is 3.13. The van der Waals surface area contributed by atoms with Gasteiger partial charge in [-0.25, -0.2) is 4.39 Å². The Labute approximate surface area is 149 Å². The van der Waals surface area contributed by atoms with Crippen molar-refractivity contribution in [2.45, 2.75) is 38.5 Å². The summed E-state index contributed by atoms with van der Waals surface area (Å²) >= 11 is 0. The Balaban J connectivity index is 1.80. The summed E-state index contributed by atoms with van der Waals surface area (Å²) in [6.07, 6.45) is 4.77. The fourth-order valence-corrected chi connectivity index (χ4v) is 3.66. The van der Waals surface area contributed by atoms with E-state index in [1.54, 1.807) is 32.3 Å². The van der Waals surface area contributed by atoms with Crippen LogP contribution in [0.3, 0.4) is 0 Å². The van der Waals surface area contributed by atoms with Crippen molar-refractivity contribution in [1.29, 1.82) is 0 Å². The molecule has 0 bridgehead atoms. The monoisotopic (exact) mass is 339 g/mol. The van der Waals surface area contributed by atoms with Crippen LogP contribution >= 0.6 is 0 Å². The minimum absolute atomic E-state index is 0.0473. The van der Waals surface area contributed by atoms with Crippen molar-refractivity contribution in [3.63, 3.8) is 0 Å².